The predicted octanol–water partition coefficient (Wildman–Crippen LogP) is 0.453. The molecule has 2 N–H and O–H groups in total. The maximum Gasteiger partial charge on any atom is 0.411 e. The highest BCUT2D eigenvalue weighted by Gasteiger charge is 2.27. The molecule has 0 aromatic carbocycles. The third kappa shape index (κ3) is 9.80. The standard InChI is InChI=1S/C13H25F3N4O2/c1-17-12(18-3-2-8-22-11-13(14,15)16)19-4-5-20-6-9-21-10-7-20/h2-11H2,1H3,(H2,17,18,19). The molecule has 1 rings (SSSR count). The largest absolute Gasteiger partial charge is 0.411 e. The summed E-state index contributed by atoms with van der Waals surface area (Å²) in [5.74, 6) is 0.643. The maximum absolute atomic E-state index is 11.9. The van der Waals surface area contributed by atoms with Crippen LogP contribution in [-0.2, 0) is 9.47 Å². The first-order valence-corrected chi connectivity index (χ1v) is 7.40. The molecule has 1 fully saturated rings. The number of hydrogen-bond donors (Lipinski definition) is 2. The summed E-state index contributed by atoms with van der Waals surface area (Å²) in [5.41, 5.74) is 0. The first kappa shape index (κ1) is 19.0. The van der Waals surface area contributed by atoms with Crippen molar-refractivity contribution in [1.29, 1.82) is 0 Å². The van der Waals surface area contributed by atoms with Gasteiger partial charge in [0.05, 0.1) is 13.2 Å². The number of morpholine rings is 1. The summed E-state index contributed by atoms with van der Waals surface area (Å²) in [6.45, 7) is 4.44. The van der Waals surface area contributed by atoms with Crippen LogP contribution in [0.1, 0.15) is 6.42 Å². The fraction of sp³-hybridized carbons (Fsp3) is 0.923. The molecule has 22 heavy (non-hydrogen) atoms. The highest BCUT2D eigenvalue weighted by molar-refractivity contribution is 5.79. The van der Waals surface area contributed by atoms with Crippen LogP contribution in [0.15, 0.2) is 4.99 Å². The molecule has 0 aromatic heterocycles. The average molecular weight is 326 g/mol. The van der Waals surface area contributed by atoms with Crippen LogP contribution >= 0.6 is 0 Å². The van der Waals surface area contributed by atoms with Crippen molar-refractivity contribution in [2.45, 2.75) is 12.6 Å². The molecule has 0 bridgehead atoms. The zero-order chi connectivity index (χ0) is 16.3. The van der Waals surface area contributed by atoms with Crippen LogP contribution in [0.2, 0.25) is 0 Å². The molecule has 0 atom stereocenters. The number of nitrogens with one attached hydrogen (secondary N) is 2. The van der Waals surface area contributed by atoms with Gasteiger partial charge in [-0.25, -0.2) is 0 Å². The molecule has 130 valence electrons. The summed E-state index contributed by atoms with van der Waals surface area (Å²) >= 11 is 0. The number of nitrogens with zero attached hydrogens (tertiary/aromatic N) is 2. The van der Waals surface area contributed by atoms with Crippen molar-refractivity contribution < 1.29 is 22.6 Å². The van der Waals surface area contributed by atoms with Crippen molar-refractivity contribution in [3.05, 3.63) is 0 Å². The third-order valence-electron chi connectivity index (χ3n) is 3.07. The SMILES string of the molecule is CN=C(NCCCOCC(F)(F)F)NCCN1CCOCC1. The maximum atomic E-state index is 11.9. The second kappa shape index (κ2) is 10.6. The van der Waals surface area contributed by atoms with E-state index < -0.39 is 12.8 Å². The Labute approximate surface area is 129 Å². The van der Waals surface area contributed by atoms with Crippen LogP contribution in [-0.4, -0.2) is 83.2 Å². The number of ether oxygens (including phenoxy) is 2. The van der Waals surface area contributed by atoms with E-state index in [0.717, 1.165) is 39.4 Å². The zero-order valence-electron chi connectivity index (χ0n) is 12.9. The normalized spacial score (nSPS) is 17.5. The first-order valence-electron chi connectivity index (χ1n) is 7.40. The van der Waals surface area contributed by atoms with E-state index in [1.165, 1.54) is 0 Å². The molecule has 0 saturated carbocycles. The van der Waals surface area contributed by atoms with Gasteiger partial charge in [-0.2, -0.15) is 13.2 Å². The molecule has 1 saturated heterocycles. The second-order valence-corrected chi connectivity index (χ2v) is 4.90. The molecule has 9 heteroatoms. The van der Waals surface area contributed by atoms with Crippen LogP contribution in [0.4, 0.5) is 13.2 Å². The van der Waals surface area contributed by atoms with E-state index in [2.05, 4.69) is 25.3 Å². The van der Waals surface area contributed by atoms with Gasteiger partial charge >= 0.3 is 6.18 Å². The van der Waals surface area contributed by atoms with Gasteiger partial charge in [-0.3, -0.25) is 9.89 Å². The van der Waals surface area contributed by atoms with E-state index >= 15 is 0 Å². The van der Waals surface area contributed by atoms with Crippen molar-refractivity contribution in [2.24, 2.45) is 4.99 Å². The van der Waals surface area contributed by atoms with Crippen molar-refractivity contribution in [3.8, 4) is 0 Å². The van der Waals surface area contributed by atoms with E-state index in [4.69, 9.17) is 4.74 Å². The van der Waals surface area contributed by atoms with Gasteiger partial charge in [-0.05, 0) is 6.42 Å². The second-order valence-electron chi connectivity index (χ2n) is 4.90. The lowest BCUT2D eigenvalue weighted by Gasteiger charge is -2.26. The number of halogens is 3. The number of hydrogen-bond acceptors (Lipinski definition) is 4. The minimum absolute atomic E-state index is 0.0667. The number of rotatable bonds is 8. The molecule has 0 aromatic rings. The molecular formula is C13H25F3N4O2. The summed E-state index contributed by atoms with van der Waals surface area (Å²) in [5, 5.41) is 6.21. The molecule has 0 amide bonds. The Kier molecular flexibility index (Phi) is 9.17. The minimum atomic E-state index is -4.26. The first-order chi connectivity index (χ1) is 10.5. The van der Waals surface area contributed by atoms with E-state index in [9.17, 15) is 13.2 Å². The quantitative estimate of drug-likeness (QED) is 0.385. The Balaban J connectivity index is 2.00. The van der Waals surface area contributed by atoms with Crippen molar-refractivity contribution in [1.82, 2.24) is 15.5 Å². The number of alkyl halides is 3. The zero-order valence-corrected chi connectivity index (χ0v) is 12.9. The van der Waals surface area contributed by atoms with Crippen molar-refractivity contribution in [2.75, 3.05) is 66.2 Å². The Hall–Kier alpha value is -1.06. The molecule has 1 aliphatic heterocycles. The van der Waals surface area contributed by atoms with Crippen LogP contribution in [0, 0.1) is 0 Å². The van der Waals surface area contributed by atoms with Crippen LogP contribution < -0.4 is 10.6 Å². The summed E-state index contributed by atoms with van der Waals surface area (Å²) < 4.78 is 45.4. The molecule has 6 nitrogen and oxygen atoms in total. The molecule has 1 heterocycles. The van der Waals surface area contributed by atoms with Gasteiger partial charge in [0, 0.05) is 46.4 Å². The molecule has 0 unspecified atom stereocenters. The Bertz CT molecular complexity index is 321. The fourth-order valence-corrected chi connectivity index (χ4v) is 1.95. The Morgan fingerprint density at radius 3 is 2.55 bits per heavy atom. The molecule has 0 spiro atoms. The topological polar surface area (TPSA) is 58.1 Å². The number of aliphatic imine (C=N–C) groups is 1. The summed E-state index contributed by atoms with van der Waals surface area (Å²) in [7, 11) is 1.66. The fourth-order valence-electron chi connectivity index (χ4n) is 1.95. The summed E-state index contributed by atoms with van der Waals surface area (Å²) in [6.07, 6.45) is -3.77. The van der Waals surface area contributed by atoms with Gasteiger partial charge in [0.25, 0.3) is 0 Å². The minimum Gasteiger partial charge on any atom is -0.379 e. The van der Waals surface area contributed by atoms with Gasteiger partial charge < -0.3 is 20.1 Å². The molecule has 0 aliphatic carbocycles. The molecular weight excluding hydrogens is 301 g/mol. The van der Waals surface area contributed by atoms with Crippen LogP contribution in [0.5, 0.6) is 0 Å². The smallest absolute Gasteiger partial charge is 0.379 e. The highest BCUT2D eigenvalue weighted by Crippen LogP contribution is 2.14. The highest BCUT2D eigenvalue weighted by atomic mass is 19.4. The van der Waals surface area contributed by atoms with E-state index in [1.807, 2.05) is 0 Å². The molecule has 0 radical (unpaired) electrons. The van der Waals surface area contributed by atoms with Gasteiger partial charge in [0.15, 0.2) is 5.96 Å². The lowest BCUT2D eigenvalue weighted by Crippen LogP contribution is -2.44. The average Bonchev–Trinajstić information content (AvgIpc) is 2.49. The lowest BCUT2D eigenvalue weighted by atomic mass is 10.4. The van der Waals surface area contributed by atoms with Gasteiger partial charge in [0.1, 0.15) is 6.61 Å². The third-order valence-corrected chi connectivity index (χ3v) is 3.07. The van der Waals surface area contributed by atoms with Gasteiger partial charge in [-0.15, -0.1) is 0 Å². The van der Waals surface area contributed by atoms with E-state index in [0.29, 0.717) is 18.9 Å². The van der Waals surface area contributed by atoms with Crippen LogP contribution in [0.3, 0.4) is 0 Å². The van der Waals surface area contributed by atoms with Crippen LogP contribution in [0.25, 0.3) is 0 Å². The Morgan fingerprint density at radius 1 is 1.23 bits per heavy atom. The number of guanidine groups is 1. The van der Waals surface area contributed by atoms with E-state index in [-0.39, 0.29) is 6.61 Å². The molecule has 1 aliphatic rings. The monoisotopic (exact) mass is 326 g/mol. The Morgan fingerprint density at radius 2 is 1.91 bits per heavy atom. The predicted molar refractivity (Wildman–Crippen MR) is 78.1 cm³/mol. The summed E-state index contributed by atoms with van der Waals surface area (Å²) in [6, 6.07) is 0. The summed E-state index contributed by atoms with van der Waals surface area (Å²) in [4.78, 5) is 6.36. The lowest BCUT2D eigenvalue weighted by molar-refractivity contribution is -0.173. The van der Waals surface area contributed by atoms with E-state index in [1.54, 1.807) is 7.05 Å². The van der Waals surface area contributed by atoms with Gasteiger partial charge in [0.2, 0.25) is 0 Å². The van der Waals surface area contributed by atoms with Crippen molar-refractivity contribution >= 4 is 5.96 Å². The van der Waals surface area contributed by atoms with Gasteiger partial charge in [-0.1, -0.05) is 0 Å². The van der Waals surface area contributed by atoms with Crippen molar-refractivity contribution in [3.63, 3.8) is 0 Å².